The molecule has 5 rings (SSSR count). The van der Waals surface area contributed by atoms with Gasteiger partial charge in [-0.15, -0.1) is 0 Å². The van der Waals surface area contributed by atoms with Crippen LogP contribution in [-0.4, -0.2) is 42.3 Å². The number of carbonyl (C=O) groups excluding carboxylic acids is 1. The average Bonchev–Trinajstić information content (AvgIpc) is 3.33. The zero-order valence-corrected chi connectivity index (χ0v) is 21.1. The number of benzene rings is 2. The molecule has 0 radical (unpaired) electrons. The molecule has 35 heavy (non-hydrogen) atoms. The van der Waals surface area contributed by atoms with Crippen molar-refractivity contribution in [1.82, 2.24) is 8.87 Å². The van der Waals surface area contributed by atoms with E-state index >= 15 is 0 Å². The van der Waals surface area contributed by atoms with Crippen LogP contribution in [0.3, 0.4) is 0 Å². The maximum absolute atomic E-state index is 13.3. The van der Waals surface area contributed by atoms with Crippen LogP contribution in [0.15, 0.2) is 56.6 Å². The lowest BCUT2D eigenvalue weighted by molar-refractivity contribution is -0.120. The average molecular weight is 498 g/mol. The zero-order chi connectivity index (χ0) is 24.9. The molecule has 0 bridgehead atoms. The number of rotatable bonds is 5. The van der Waals surface area contributed by atoms with Crippen LogP contribution in [0.5, 0.6) is 0 Å². The summed E-state index contributed by atoms with van der Waals surface area (Å²) in [5.41, 5.74) is 3.05. The maximum Gasteiger partial charge on any atom is 0.420 e. The maximum atomic E-state index is 13.3. The molecular weight excluding hydrogens is 466 g/mol. The summed E-state index contributed by atoms with van der Waals surface area (Å²) in [5.74, 6) is -0.238. The Kier molecular flexibility index (Phi) is 6.09. The van der Waals surface area contributed by atoms with Gasteiger partial charge in [-0.3, -0.25) is 9.36 Å². The van der Waals surface area contributed by atoms with E-state index in [9.17, 15) is 18.0 Å². The van der Waals surface area contributed by atoms with E-state index < -0.39 is 15.8 Å². The molecule has 1 atom stereocenters. The number of sulfonamides is 1. The third-order valence-electron chi connectivity index (χ3n) is 7.25. The van der Waals surface area contributed by atoms with Crippen LogP contribution in [0, 0.1) is 5.92 Å². The second-order valence-corrected chi connectivity index (χ2v) is 11.9. The summed E-state index contributed by atoms with van der Waals surface area (Å²) in [6.45, 7) is 6.54. The molecule has 1 fully saturated rings. The van der Waals surface area contributed by atoms with Crippen LogP contribution in [0.4, 0.5) is 5.69 Å². The normalized spacial score (nSPS) is 19.5. The summed E-state index contributed by atoms with van der Waals surface area (Å²) < 4.78 is 34.9. The Bertz CT molecular complexity index is 1430. The van der Waals surface area contributed by atoms with Crippen LogP contribution >= 0.6 is 0 Å². The van der Waals surface area contributed by atoms with Crippen LogP contribution in [0.25, 0.3) is 11.1 Å². The topological polar surface area (TPSA) is 92.8 Å². The molecule has 0 saturated carbocycles. The van der Waals surface area contributed by atoms with Crippen molar-refractivity contribution in [3.8, 4) is 0 Å². The number of oxazole rings is 1. The summed E-state index contributed by atoms with van der Waals surface area (Å²) in [6, 6.07) is 12.7. The third kappa shape index (κ3) is 4.21. The smallest absolute Gasteiger partial charge is 0.408 e. The summed E-state index contributed by atoms with van der Waals surface area (Å²) in [7, 11) is -3.73. The lowest BCUT2D eigenvalue weighted by Crippen LogP contribution is -2.41. The number of fused-ring (bicyclic) bond motifs is 2. The number of nitrogens with zero attached hydrogens (tertiary/aromatic N) is 3. The minimum absolute atomic E-state index is 0.0926. The van der Waals surface area contributed by atoms with Crippen LogP contribution < -0.4 is 10.7 Å². The fourth-order valence-electron chi connectivity index (χ4n) is 5.46. The Balaban J connectivity index is 1.26. The van der Waals surface area contributed by atoms with Gasteiger partial charge in [0, 0.05) is 43.3 Å². The Morgan fingerprint density at radius 3 is 2.54 bits per heavy atom. The lowest BCUT2D eigenvalue weighted by atomic mass is 9.94. The van der Waals surface area contributed by atoms with E-state index in [2.05, 4.69) is 13.0 Å². The molecule has 8 nitrogen and oxygen atoms in total. The first-order valence-corrected chi connectivity index (χ1v) is 13.7. The highest BCUT2D eigenvalue weighted by atomic mass is 32.2. The Morgan fingerprint density at radius 1 is 1.11 bits per heavy atom. The number of carbonyl (C=O) groups is 1. The molecule has 1 amide bonds. The molecule has 9 heteroatoms. The van der Waals surface area contributed by atoms with Crippen molar-refractivity contribution in [3.63, 3.8) is 0 Å². The van der Waals surface area contributed by atoms with Gasteiger partial charge in [-0.05, 0) is 69.7 Å². The number of hydrogen-bond acceptors (Lipinski definition) is 5. The van der Waals surface area contributed by atoms with Gasteiger partial charge in [0.15, 0.2) is 5.58 Å². The second-order valence-electron chi connectivity index (χ2n) is 9.96. The van der Waals surface area contributed by atoms with Crippen molar-refractivity contribution in [2.45, 2.75) is 63.4 Å². The number of hydrogen-bond donors (Lipinski definition) is 0. The van der Waals surface area contributed by atoms with E-state index in [-0.39, 0.29) is 34.4 Å². The first-order valence-electron chi connectivity index (χ1n) is 12.2. The first-order chi connectivity index (χ1) is 16.7. The zero-order valence-electron chi connectivity index (χ0n) is 20.3. The minimum atomic E-state index is -3.73. The van der Waals surface area contributed by atoms with E-state index in [1.807, 2.05) is 36.9 Å². The van der Waals surface area contributed by atoms with E-state index in [0.29, 0.717) is 37.9 Å². The van der Waals surface area contributed by atoms with Crippen molar-refractivity contribution in [2.75, 3.05) is 18.0 Å². The first kappa shape index (κ1) is 23.8. The predicted molar refractivity (Wildman–Crippen MR) is 134 cm³/mol. The highest BCUT2D eigenvalue weighted by Crippen LogP contribution is 2.34. The summed E-state index contributed by atoms with van der Waals surface area (Å²) in [6.07, 6.45) is 2.56. The van der Waals surface area contributed by atoms with Gasteiger partial charge in [-0.1, -0.05) is 18.2 Å². The quantitative estimate of drug-likeness (QED) is 0.532. The fraction of sp³-hybridized carbons (Fsp3) is 0.462. The summed E-state index contributed by atoms with van der Waals surface area (Å²) >= 11 is 0. The molecule has 3 aromatic rings. The molecule has 186 valence electrons. The van der Waals surface area contributed by atoms with Gasteiger partial charge in [0.1, 0.15) is 0 Å². The molecule has 2 aliphatic rings. The third-order valence-corrected chi connectivity index (χ3v) is 9.15. The van der Waals surface area contributed by atoms with Crippen molar-refractivity contribution in [3.05, 3.63) is 58.6 Å². The Hall–Kier alpha value is -2.91. The molecule has 0 spiro atoms. The number of piperidine rings is 1. The van der Waals surface area contributed by atoms with Gasteiger partial charge in [0.2, 0.25) is 15.9 Å². The lowest BCUT2D eigenvalue weighted by Gasteiger charge is -2.32. The molecule has 0 unspecified atom stereocenters. The van der Waals surface area contributed by atoms with E-state index in [4.69, 9.17) is 4.42 Å². The van der Waals surface area contributed by atoms with Gasteiger partial charge in [0.05, 0.1) is 10.4 Å². The van der Waals surface area contributed by atoms with Crippen LogP contribution in [0.1, 0.15) is 51.6 Å². The van der Waals surface area contributed by atoms with Gasteiger partial charge >= 0.3 is 5.76 Å². The second kappa shape index (κ2) is 8.95. The van der Waals surface area contributed by atoms with Gasteiger partial charge < -0.3 is 9.32 Å². The van der Waals surface area contributed by atoms with E-state index in [0.717, 1.165) is 12.1 Å². The van der Waals surface area contributed by atoms with Gasteiger partial charge in [0.25, 0.3) is 0 Å². The Labute approximate surface area is 205 Å². The van der Waals surface area contributed by atoms with Crippen LogP contribution in [-0.2, 0) is 21.2 Å². The standard InChI is InChI=1S/C26H31N3O5S/c1-17(2)28-23-9-8-21(16-24(23)34-26(28)31)35(32,33)27-12-10-19(11-13-27)15-25(30)29-18(3)14-20-6-4-5-7-22(20)29/h4-9,16-19H,10-15H2,1-3H3/t18-/m0/s1. The number of amides is 1. The molecule has 1 saturated heterocycles. The van der Waals surface area contributed by atoms with Crippen molar-refractivity contribution in [1.29, 1.82) is 0 Å². The largest absolute Gasteiger partial charge is 0.420 e. The predicted octanol–water partition coefficient (Wildman–Crippen LogP) is 3.94. The molecule has 0 N–H and O–H groups in total. The van der Waals surface area contributed by atoms with Crippen LogP contribution in [0.2, 0.25) is 0 Å². The van der Waals surface area contributed by atoms with Crippen molar-refractivity contribution < 1.29 is 17.6 Å². The highest BCUT2D eigenvalue weighted by Gasteiger charge is 2.34. The number of aromatic nitrogens is 1. The molecule has 2 aliphatic heterocycles. The monoisotopic (exact) mass is 497 g/mol. The number of anilines is 1. The highest BCUT2D eigenvalue weighted by molar-refractivity contribution is 7.89. The van der Waals surface area contributed by atoms with E-state index in [1.54, 1.807) is 6.07 Å². The molecule has 3 heterocycles. The minimum Gasteiger partial charge on any atom is -0.408 e. The van der Waals surface area contributed by atoms with Crippen molar-refractivity contribution in [2.24, 2.45) is 5.92 Å². The Morgan fingerprint density at radius 2 is 1.83 bits per heavy atom. The SMILES string of the molecule is CC(C)n1c(=O)oc2cc(S(=O)(=O)N3CCC(CC(=O)N4c5ccccc5C[C@@H]4C)CC3)ccc21. The molecule has 1 aromatic heterocycles. The van der Waals surface area contributed by atoms with Crippen molar-refractivity contribution >= 4 is 32.7 Å². The number of para-hydroxylation sites is 1. The van der Waals surface area contributed by atoms with Gasteiger partial charge in [-0.25, -0.2) is 13.2 Å². The summed E-state index contributed by atoms with van der Waals surface area (Å²) in [5, 5.41) is 0. The molecular formula is C26H31N3O5S. The van der Waals surface area contributed by atoms with Gasteiger partial charge in [-0.2, -0.15) is 4.31 Å². The fourth-order valence-corrected chi connectivity index (χ4v) is 6.95. The summed E-state index contributed by atoms with van der Waals surface area (Å²) in [4.78, 5) is 27.3. The molecule has 0 aliphatic carbocycles. The molecule has 2 aromatic carbocycles. The van der Waals surface area contributed by atoms with E-state index in [1.165, 1.54) is 26.6 Å².